The molecule has 114 valence electrons. The maximum absolute atomic E-state index is 11.7. The molecule has 0 unspecified atom stereocenters. The van der Waals surface area contributed by atoms with E-state index in [0.717, 1.165) is 18.8 Å². The van der Waals surface area contributed by atoms with Crippen molar-refractivity contribution in [2.75, 3.05) is 31.2 Å². The zero-order chi connectivity index (χ0) is 15.0. The molecule has 1 aromatic carbocycles. The van der Waals surface area contributed by atoms with Crippen LogP contribution in [0, 0.1) is 0 Å². The van der Waals surface area contributed by atoms with Crippen molar-refractivity contribution >= 4 is 9.84 Å². The summed E-state index contributed by atoms with van der Waals surface area (Å²) in [4.78, 5) is 2.14. The molecule has 1 aromatic rings. The summed E-state index contributed by atoms with van der Waals surface area (Å²) in [6.45, 7) is 7.80. The first-order valence-electron chi connectivity index (χ1n) is 7.10. The molecule has 4 nitrogen and oxygen atoms in total. The van der Waals surface area contributed by atoms with E-state index in [9.17, 15) is 8.42 Å². The van der Waals surface area contributed by atoms with Gasteiger partial charge in [0, 0.05) is 18.3 Å². The van der Waals surface area contributed by atoms with E-state index in [4.69, 9.17) is 4.74 Å². The Bertz CT molecular complexity index is 473. The van der Waals surface area contributed by atoms with Crippen LogP contribution in [-0.4, -0.2) is 50.6 Å². The maximum Gasteiger partial charge on any atom is 0.151 e. The first-order valence-corrected chi connectivity index (χ1v) is 8.93. The third-order valence-corrected chi connectivity index (χ3v) is 5.22. The minimum atomic E-state index is -2.93. The van der Waals surface area contributed by atoms with Crippen molar-refractivity contribution in [3.05, 3.63) is 30.3 Å². The van der Waals surface area contributed by atoms with Gasteiger partial charge in [0.05, 0.1) is 5.75 Å². The first-order chi connectivity index (χ1) is 9.48. The van der Waals surface area contributed by atoms with Crippen LogP contribution in [0.5, 0.6) is 5.75 Å². The molecule has 0 amide bonds. The van der Waals surface area contributed by atoms with E-state index < -0.39 is 9.84 Å². The summed E-state index contributed by atoms with van der Waals surface area (Å²) in [5.74, 6) is 1.26. The standard InChI is InChI=1S/C15H25NO3S/c1-4-16(14(3)13-20(17,18)5-2)11-12-19-15-9-7-6-8-10-15/h6-10,14H,4-5,11-13H2,1-3H3/t14-/m0/s1. The molecule has 0 aliphatic heterocycles. The van der Waals surface area contributed by atoms with Crippen molar-refractivity contribution in [3.63, 3.8) is 0 Å². The third-order valence-electron chi connectivity index (χ3n) is 3.35. The molecule has 0 saturated carbocycles. The molecule has 0 radical (unpaired) electrons. The molecule has 0 fully saturated rings. The Kier molecular flexibility index (Phi) is 7.02. The smallest absolute Gasteiger partial charge is 0.151 e. The lowest BCUT2D eigenvalue weighted by Gasteiger charge is -2.27. The predicted molar refractivity (Wildman–Crippen MR) is 83.0 cm³/mol. The van der Waals surface area contributed by atoms with Crippen LogP contribution in [0.3, 0.4) is 0 Å². The van der Waals surface area contributed by atoms with E-state index in [1.807, 2.05) is 44.2 Å². The van der Waals surface area contributed by atoms with Crippen LogP contribution in [0.25, 0.3) is 0 Å². The Balaban J connectivity index is 2.43. The summed E-state index contributed by atoms with van der Waals surface area (Å²) >= 11 is 0. The number of rotatable bonds is 9. The van der Waals surface area contributed by atoms with Crippen LogP contribution < -0.4 is 4.74 Å². The maximum atomic E-state index is 11.7. The number of benzene rings is 1. The van der Waals surface area contributed by atoms with E-state index in [1.54, 1.807) is 6.92 Å². The van der Waals surface area contributed by atoms with E-state index in [1.165, 1.54) is 0 Å². The molecule has 0 aliphatic carbocycles. The van der Waals surface area contributed by atoms with Gasteiger partial charge in [0.15, 0.2) is 9.84 Å². The normalized spacial score (nSPS) is 13.4. The number of likely N-dealkylation sites (N-methyl/N-ethyl adjacent to an activating group) is 1. The minimum Gasteiger partial charge on any atom is -0.492 e. The molecule has 0 aromatic heterocycles. The molecule has 0 N–H and O–H groups in total. The van der Waals surface area contributed by atoms with Crippen LogP contribution in [-0.2, 0) is 9.84 Å². The second kappa shape index (κ2) is 8.27. The van der Waals surface area contributed by atoms with E-state index >= 15 is 0 Å². The molecule has 5 heteroatoms. The molecular weight excluding hydrogens is 274 g/mol. The monoisotopic (exact) mass is 299 g/mol. The third kappa shape index (κ3) is 5.92. The van der Waals surface area contributed by atoms with Gasteiger partial charge in [-0.3, -0.25) is 4.90 Å². The van der Waals surface area contributed by atoms with Gasteiger partial charge < -0.3 is 4.74 Å². The molecule has 0 saturated heterocycles. The fourth-order valence-electron chi connectivity index (χ4n) is 2.08. The van der Waals surface area contributed by atoms with Crippen molar-refractivity contribution in [3.8, 4) is 5.75 Å². The molecule has 0 aliphatic rings. The minimum absolute atomic E-state index is 0.0179. The van der Waals surface area contributed by atoms with Gasteiger partial charge in [-0.1, -0.05) is 32.0 Å². The zero-order valence-electron chi connectivity index (χ0n) is 12.6. The number of ether oxygens (including phenoxy) is 1. The van der Waals surface area contributed by atoms with Gasteiger partial charge in [-0.15, -0.1) is 0 Å². The van der Waals surface area contributed by atoms with E-state index in [0.29, 0.717) is 6.61 Å². The highest BCUT2D eigenvalue weighted by molar-refractivity contribution is 7.91. The molecule has 0 heterocycles. The quantitative estimate of drug-likeness (QED) is 0.701. The van der Waals surface area contributed by atoms with Gasteiger partial charge in [0.25, 0.3) is 0 Å². The van der Waals surface area contributed by atoms with Crippen LogP contribution in [0.1, 0.15) is 20.8 Å². The Morgan fingerprint density at radius 2 is 1.85 bits per heavy atom. The molecule has 1 atom stereocenters. The zero-order valence-corrected chi connectivity index (χ0v) is 13.4. The Labute approximate surface area is 122 Å². The number of hydrogen-bond donors (Lipinski definition) is 0. The Hall–Kier alpha value is -1.07. The summed E-state index contributed by atoms with van der Waals surface area (Å²) in [5, 5.41) is 0. The van der Waals surface area contributed by atoms with Gasteiger partial charge in [-0.25, -0.2) is 8.42 Å². The summed E-state index contributed by atoms with van der Waals surface area (Å²) in [6, 6.07) is 9.67. The lowest BCUT2D eigenvalue weighted by molar-refractivity contribution is 0.184. The van der Waals surface area contributed by atoms with E-state index in [2.05, 4.69) is 4.90 Å². The summed E-state index contributed by atoms with van der Waals surface area (Å²) in [6.07, 6.45) is 0. The van der Waals surface area contributed by atoms with Crippen molar-refractivity contribution in [2.24, 2.45) is 0 Å². The second-order valence-electron chi connectivity index (χ2n) is 4.84. The molecular formula is C15H25NO3S. The Morgan fingerprint density at radius 3 is 2.40 bits per heavy atom. The topological polar surface area (TPSA) is 46.6 Å². The van der Waals surface area contributed by atoms with Crippen molar-refractivity contribution < 1.29 is 13.2 Å². The van der Waals surface area contributed by atoms with Gasteiger partial charge >= 0.3 is 0 Å². The van der Waals surface area contributed by atoms with E-state index in [-0.39, 0.29) is 17.5 Å². The van der Waals surface area contributed by atoms with Crippen molar-refractivity contribution in [1.82, 2.24) is 4.90 Å². The SMILES string of the molecule is CCN(CCOc1ccccc1)[C@@H](C)CS(=O)(=O)CC. The highest BCUT2D eigenvalue weighted by atomic mass is 32.2. The van der Waals surface area contributed by atoms with Crippen molar-refractivity contribution in [1.29, 1.82) is 0 Å². The fourth-order valence-corrected chi connectivity index (χ4v) is 3.26. The second-order valence-corrected chi connectivity index (χ2v) is 7.24. The van der Waals surface area contributed by atoms with Gasteiger partial charge in [-0.05, 0) is 25.6 Å². The number of para-hydroxylation sites is 1. The molecule has 0 spiro atoms. The largest absolute Gasteiger partial charge is 0.492 e. The highest BCUT2D eigenvalue weighted by Crippen LogP contribution is 2.09. The first kappa shape index (κ1) is 17.0. The fraction of sp³-hybridized carbons (Fsp3) is 0.600. The summed E-state index contributed by atoms with van der Waals surface area (Å²) < 4.78 is 29.0. The lowest BCUT2D eigenvalue weighted by Crippen LogP contribution is -2.40. The summed E-state index contributed by atoms with van der Waals surface area (Å²) in [7, 11) is -2.93. The Morgan fingerprint density at radius 1 is 1.20 bits per heavy atom. The summed E-state index contributed by atoms with van der Waals surface area (Å²) in [5.41, 5.74) is 0. The van der Waals surface area contributed by atoms with Gasteiger partial charge in [0.2, 0.25) is 0 Å². The molecule has 0 bridgehead atoms. The van der Waals surface area contributed by atoms with Crippen LogP contribution in [0.2, 0.25) is 0 Å². The highest BCUT2D eigenvalue weighted by Gasteiger charge is 2.18. The van der Waals surface area contributed by atoms with Gasteiger partial charge in [-0.2, -0.15) is 0 Å². The number of nitrogens with zero attached hydrogens (tertiary/aromatic N) is 1. The average Bonchev–Trinajstić information content (AvgIpc) is 2.44. The molecule has 1 rings (SSSR count). The van der Waals surface area contributed by atoms with Crippen LogP contribution in [0.15, 0.2) is 30.3 Å². The average molecular weight is 299 g/mol. The van der Waals surface area contributed by atoms with Crippen LogP contribution in [0.4, 0.5) is 0 Å². The van der Waals surface area contributed by atoms with Gasteiger partial charge in [0.1, 0.15) is 12.4 Å². The number of sulfone groups is 1. The lowest BCUT2D eigenvalue weighted by atomic mass is 10.3. The predicted octanol–water partition coefficient (Wildman–Crippen LogP) is 2.21. The number of hydrogen-bond acceptors (Lipinski definition) is 4. The van der Waals surface area contributed by atoms with Crippen LogP contribution >= 0.6 is 0 Å². The molecule has 20 heavy (non-hydrogen) atoms. The van der Waals surface area contributed by atoms with Crippen molar-refractivity contribution in [2.45, 2.75) is 26.8 Å².